The van der Waals surface area contributed by atoms with Crippen LogP contribution in [0.15, 0.2) is 59.8 Å². The Balaban J connectivity index is 1.58. The van der Waals surface area contributed by atoms with Crippen molar-refractivity contribution < 1.29 is 9.18 Å². The average molecular weight is 385 g/mol. The number of halogens is 1. The maximum Gasteiger partial charge on any atom is 0.233 e. The van der Waals surface area contributed by atoms with Crippen LogP contribution in [-0.4, -0.2) is 32.6 Å². The van der Waals surface area contributed by atoms with Crippen LogP contribution < -0.4 is 11.2 Å². The molecule has 0 unspecified atom stereocenters. The van der Waals surface area contributed by atoms with Gasteiger partial charge in [0.2, 0.25) is 11.1 Å². The quantitative estimate of drug-likeness (QED) is 0.482. The topological polar surface area (TPSA) is 85.8 Å². The molecule has 1 heterocycles. The molecule has 0 fully saturated rings. The molecule has 3 aromatic rings. The monoisotopic (exact) mass is 385 g/mol. The average Bonchev–Trinajstić information content (AvgIpc) is 3.03. The summed E-state index contributed by atoms with van der Waals surface area (Å²) in [4.78, 5) is 12.3. The molecule has 3 rings (SSSR count). The fourth-order valence-corrected chi connectivity index (χ4v) is 3.31. The zero-order chi connectivity index (χ0) is 19.2. The summed E-state index contributed by atoms with van der Waals surface area (Å²) < 4.78 is 15.1. The Morgan fingerprint density at radius 3 is 2.63 bits per heavy atom. The van der Waals surface area contributed by atoms with Crippen molar-refractivity contribution in [2.45, 2.75) is 23.8 Å². The van der Waals surface area contributed by atoms with Crippen LogP contribution in [0, 0.1) is 5.82 Å². The van der Waals surface area contributed by atoms with Gasteiger partial charge in [-0.1, -0.05) is 54.2 Å². The van der Waals surface area contributed by atoms with Crippen molar-refractivity contribution in [2.24, 2.45) is 0 Å². The first-order valence-electron chi connectivity index (χ1n) is 8.50. The van der Waals surface area contributed by atoms with Gasteiger partial charge >= 0.3 is 0 Å². The predicted octanol–water partition coefficient (Wildman–Crippen LogP) is 2.64. The van der Waals surface area contributed by atoms with Crippen LogP contribution in [0.1, 0.15) is 12.5 Å². The third-order valence-electron chi connectivity index (χ3n) is 3.99. The highest BCUT2D eigenvalue weighted by atomic mass is 32.2. The van der Waals surface area contributed by atoms with E-state index in [0.717, 1.165) is 12.0 Å². The fourth-order valence-electron chi connectivity index (χ4n) is 2.51. The fraction of sp³-hybridized carbons (Fsp3) is 0.211. The third-order valence-corrected chi connectivity index (χ3v) is 5.04. The first kappa shape index (κ1) is 18.9. The number of benzene rings is 2. The van der Waals surface area contributed by atoms with Crippen molar-refractivity contribution >= 4 is 17.7 Å². The Morgan fingerprint density at radius 1 is 1.19 bits per heavy atom. The minimum atomic E-state index is -0.431. The summed E-state index contributed by atoms with van der Waals surface area (Å²) >= 11 is 1.18. The van der Waals surface area contributed by atoms with Crippen molar-refractivity contribution in [3.05, 3.63) is 66.0 Å². The van der Waals surface area contributed by atoms with Crippen LogP contribution >= 0.6 is 11.8 Å². The molecule has 8 heteroatoms. The maximum atomic E-state index is 13.9. The summed E-state index contributed by atoms with van der Waals surface area (Å²) in [7, 11) is 0. The van der Waals surface area contributed by atoms with Crippen LogP contribution in [0.5, 0.6) is 0 Å². The number of thioether (sulfide) groups is 1. The van der Waals surface area contributed by atoms with Crippen LogP contribution in [0.2, 0.25) is 0 Å². The molecule has 0 bridgehead atoms. The summed E-state index contributed by atoms with van der Waals surface area (Å²) in [5.74, 6) is 5.67. The van der Waals surface area contributed by atoms with Crippen molar-refractivity contribution in [2.75, 3.05) is 12.4 Å². The van der Waals surface area contributed by atoms with Gasteiger partial charge in [-0.25, -0.2) is 9.07 Å². The molecule has 6 nitrogen and oxygen atoms in total. The van der Waals surface area contributed by atoms with Crippen molar-refractivity contribution in [1.29, 1.82) is 0 Å². The van der Waals surface area contributed by atoms with Crippen LogP contribution in [0.25, 0.3) is 11.4 Å². The molecule has 0 aliphatic rings. The van der Waals surface area contributed by atoms with Gasteiger partial charge in [0.15, 0.2) is 5.82 Å². The molecule has 1 aromatic heterocycles. The molecular formula is C19H20FN5OS. The van der Waals surface area contributed by atoms with Crippen molar-refractivity contribution in [1.82, 2.24) is 20.2 Å². The van der Waals surface area contributed by atoms with E-state index in [1.807, 2.05) is 30.3 Å². The molecule has 140 valence electrons. The zero-order valence-corrected chi connectivity index (χ0v) is 15.6. The first-order chi connectivity index (χ1) is 13.1. The van der Waals surface area contributed by atoms with Gasteiger partial charge in [0.1, 0.15) is 5.82 Å². The summed E-state index contributed by atoms with van der Waals surface area (Å²) in [6.45, 7) is 2.31. The van der Waals surface area contributed by atoms with Gasteiger partial charge in [-0.15, -0.1) is 10.2 Å². The Kier molecular flexibility index (Phi) is 6.08. The first-order valence-corrected chi connectivity index (χ1v) is 9.38. The number of nitrogens with zero attached hydrogens (tertiary/aromatic N) is 3. The highest BCUT2D eigenvalue weighted by Crippen LogP contribution is 2.26. The van der Waals surface area contributed by atoms with Crippen molar-refractivity contribution in [3.8, 4) is 11.4 Å². The number of nitrogens with one attached hydrogen (secondary N) is 1. The number of rotatable bonds is 7. The smallest absolute Gasteiger partial charge is 0.233 e. The molecule has 1 amide bonds. The molecule has 27 heavy (non-hydrogen) atoms. The van der Waals surface area contributed by atoms with Gasteiger partial charge in [0, 0.05) is 6.54 Å². The summed E-state index contributed by atoms with van der Waals surface area (Å²) in [6.07, 6.45) is 0.758. The lowest BCUT2D eigenvalue weighted by Gasteiger charge is -2.11. The Labute approximate surface area is 161 Å². The lowest BCUT2D eigenvalue weighted by Crippen LogP contribution is -2.32. The summed E-state index contributed by atoms with van der Waals surface area (Å²) in [5, 5.41) is 10.8. The molecule has 3 N–H and O–H groups in total. The zero-order valence-electron chi connectivity index (χ0n) is 14.8. The second-order valence-corrected chi connectivity index (χ2v) is 7.25. The SMILES string of the molecule is C[C@H](Sc1nnc(-c2ccccc2F)n1N)C(=O)NCCc1ccccc1. The van der Waals surface area contributed by atoms with E-state index in [4.69, 9.17) is 5.84 Å². The van der Waals surface area contributed by atoms with Gasteiger partial charge in [-0.2, -0.15) is 0 Å². The number of aromatic nitrogens is 3. The van der Waals surface area contributed by atoms with E-state index in [2.05, 4.69) is 15.5 Å². The number of nitrogen functional groups attached to an aromatic ring is 1. The predicted molar refractivity (Wildman–Crippen MR) is 104 cm³/mol. The van der Waals surface area contributed by atoms with E-state index in [0.29, 0.717) is 11.7 Å². The molecule has 0 aliphatic heterocycles. The minimum Gasteiger partial charge on any atom is -0.355 e. The van der Waals surface area contributed by atoms with Gasteiger partial charge in [0.25, 0.3) is 0 Å². The highest BCUT2D eigenvalue weighted by molar-refractivity contribution is 8.00. The molecule has 2 aromatic carbocycles. The van der Waals surface area contributed by atoms with Gasteiger partial charge < -0.3 is 11.2 Å². The van der Waals surface area contributed by atoms with Crippen LogP contribution in [-0.2, 0) is 11.2 Å². The normalized spacial score (nSPS) is 11.9. The Bertz CT molecular complexity index is 915. The molecule has 0 aliphatic carbocycles. The number of carbonyl (C=O) groups is 1. The third kappa shape index (κ3) is 4.65. The number of carbonyl (C=O) groups excluding carboxylic acids is 1. The van der Waals surface area contributed by atoms with E-state index < -0.39 is 11.1 Å². The number of hydrogen-bond acceptors (Lipinski definition) is 5. The Morgan fingerprint density at radius 2 is 1.89 bits per heavy atom. The van der Waals surface area contributed by atoms with Gasteiger partial charge in [-0.3, -0.25) is 4.79 Å². The molecule has 0 saturated carbocycles. The van der Waals surface area contributed by atoms with E-state index >= 15 is 0 Å². The second kappa shape index (κ2) is 8.68. The standard InChI is InChI=1S/C19H20FN5OS/c1-13(18(26)22-12-11-14-7-3-2-4-8-14)27-19-24-23-17(25(19)21)15-9-5-6-10-16(15)20/h2-10,13H,11-12,21H2,1H3,(H,22,26)/t13-/m0/s1. The van der Waals surface area contributed by atoms with Gasteiger partial charge in [0.05, 0.1) is 10.8 Å². The maximum absolute atomic E-state index is 13.9. The largest absolute Gasteiger partial charge is 0.355 e. The second-order valence-electron chi connectivity index (χ2n) is 5.94. The lowest BCUT2D eigenvalue weighted by molar-refractivity contribution is -0.120. The number of hydrogen-bond donors (Lipinski definition) is 2. The molecule has 0 radical (unpaired) electrons. The van der Waals surface area contributed by atoms with E-state index in [-0.39, 0.29) is 17.3 Å². The van der Waals surface area contributed by atoms with Crippen LogP contribution in [0.4, 0.5) is 4.39 Å². The Hall–Kier alpha value is -2.87. The van der Waals surface area contributed by atoms with Crippen molar-refractivity contribution in [3.63, 3.8) is 0 Å². The highest BCUT2D eigenvalue weighted by Gasteiger charge is 2.20. The number of nitrogens with two attached hydrogens (primary N) is 1. The van der Waals surface area contributed by atoms with Gasteiger partial charge in [-0.05, 0) is 31.0 Å². The summed E-state index contributed by atoms with van der Waals surface area (Å²) in [6, 6.07) is 16.1. The van der Waals surface area contributed by atoms with Crippen LogP contribution in [0.3, 0.4) is 0 Å². The molecule has 0 spiro atoms. The minimum absolute atomic E-state index is 0.119. The molecule has 1 atom stereocenters. The lowest BCUT2D eigenvalue weighted by atomic mass is 10.1. The van der Waals surface area contributed by atoms with E-state index in [9.17, 15) is 9.18 Å². The molecular weight excluding hydrogens is 365 g/mol. The van der Waals surface area contributed by atoms with E-state index in [1.165, 1.54) is 22.5 Å². The number of amides is 1. The molecule has 0 saturated heterocycles. The summed E-state index contributed by atoms with van der Waals surface area (Å²) in [5.41, 5.74) is 1.42. The van der Waals surface area contributed by atoms with E-state index in [1.54, 1.807) is 25.1 Å².